The molecule has 3 aromatic rings. The predicted molar refractivity (Wildman–Crippen MR) is 131 cm³/mol. The molecule has 0 amide bonds. The van der Waals surface area contributed by atoms with Crippen LogP contribution in [0.1, 0.15) is 6.42 Å². The van der Waals surface area contributed by atoms with Crippen LogP contribution in [0.4, 0.5) is 5.82 Å². The summed E-state index contributed by atoms with van der Waals surface area (Å²) in [5.74, 6) is 2.06. The van der Waals surface area contributed by atoms with Gasteiger partial charge >= 0.3 is 0 Å². The lowest BCUT2D eigenvalue weighted by atomic mass is 10.2. The normalized spacial score (nSPS) is 14.7. The zero-order valence-corrected chi connectivity index (χ0v) is 19.2. The molecule has 7 heteroatoms. The molecular weight excluding hydrogens is 475 g/mol. The van der Waals surface area contributed by atoms with Gasteiger partial charge in [0.25, 0.3) is 0 Å². The molecule has 0 aliphatic carbocycles. The molecule has 1 fully saturated rings. The summed E-state index contributed by atoms with van der Waals surface area (Å²) in [7, 11) is 1.87. The van der Waals surface area contributed by atoms with E-state index in [0.717, 1.165) is 57.5 Å². The van der Waals surface area contributed by atoms with Gasteiger partial charge in [0.05, 0.1) is 0 Å². The zero-order valence-electron chi connectivity index (χ0n) is 16.9. The van der Waals surface area contributed by atoms with E-state index >= 15 is 0 Å². The van der Waals surface area contributed by atoms with Gasteiger partial charge in [-0.25, -0.2) is 4.98 Å². The number of para-hydroxylation sites is 1. The highest BCUT2D eigenvalue weighted by molar-refractivity contribution is 14.0. The van der Waals surface area contributed by atoms with E-state index in [1.54, 1.807) is 0 Å². The van der Waals surface area contributed by atoms with Crippen LogP contribution in [0.5, 0.6) is 0 Å². The number of aryl methyl sites for hydroxylation is 1. The van der Waals surface area contributed by atoms with Gasteiger partial charge in [0.2, 0.25) is 0 Å². The smallest absolute Gasteiger partial charge is 0.193 e. The van der Waals surface area contributed by atoms with Crippen molar-refractivity contribution in [3.05, 3.63) is 60.9 Å². The fourth-order valence-electron chi connectivity index (χ4n) is 3.81. The first-order valence-corrected chi connectivity index (χ1v) is 10.0. The van der Waals surface area contributed by atoms with Crippen molar-refractivity contribution in [2.45, 2.75) is 13.0 Å². The molecular formula is C22H29IN6. The van der Waals surface area contributed by atoms with Gasteiger partial charge < -0.3 is 19.7 Å². The molecule has 0 atom stereocenters. The van der Waals surface area contributed by atoms with Gasteiger partial charge in [-0.1, -0.05) is 24.3 Å². The molecule has 0 radical (unpaired) electrons. The lowest BCUT2D eigenvalue weighted by Gasteiger charge is -2.37. The lowest BCUT2D eigenvalue weighted by molar-refractivity contribution is 0.371. The van der Waals surface area contributed by atoms with Crippen molar-refractivity contribution in [1.82, 2.24) is 19.8 Å². The summed E-state index contributed by atoms with van der Waals surface area (Å²) in [4.78, 5) is 13.6. The highest BCUT2D eigenvalue weighted by Crippen LogP contribution is 2.15. The van der Waals surface area contributed by atoms with E-state index in [4.69, 9.17) is 0 Å². The van der Waals surface area contributed by atoms with Crippen LogP contribution in [0.25, 0.3) is 10.9 Å². The second-order valence-electron chi connectivity index (χ2n) is 7.06. The number of nitrogens with zero attached hydrogens (tertiary/aromatic N) is 5. The van der Waals surface area contributed by atoms with Crippen LogP contribution in [0.15, 0.2) is 65.9 Å². The third kappa shape index (κ3) is 5.20. The number of anilines is 1. The summed E-state index contributed by atoms with van der Waals surface area (Å²) in [5.41, 5.74) is 1.30. The number of rotatable bonds is 5. The third-order valence-corrected chi connectivity index (χ3v) is 5.30. The molecule has 1 aliphatic heterocycles. The Bertz CT molecular complexity index is 915. The van der Waals surface area contributed by atoms with Crippen molar-refractivity contribution in [3.8, 4) is 0 Å². The van der Waals surface area contributed by atoms with E-state index in [9.17, 15) is 0 Å². The standard InChI is InChI=1S/C22H28N6.HI/c1-23-22(28-17-15-27(16-18-28)21-9-4-5-11-24-21)25-12-6-13-26-14-10-19-7-2-3-8-20(19)26;/h2-5,7-11,14H,6,12-13,15-18H2,1H3,(H,23,25);1H. The molecule has 1 N–H and O–H groups in total. The fraction of sp³-hybridized carbons (Fsp3) is 0.364. The van der Waals surface area contributed by atoms with E-state index in [0.29, 0.717) is 0 Å². The Balaban J connectivity index is 0.00000240. The summed E-state index contributed by atoms with van der Waals surface area (Å²) in [6.07, 6.45) is 5.10. The Kier molecular flexibility index (Phi) is 7.74. The van der Waals surface area contributed by atoms with Crippen molar-refractivity contribution < 1.29 is 0 Å². The van der Waals surface area contributed by atoms with Crippen molar-refractivity contribution in [3.63, 3.8) is 0 Å². The van der Waals surface area contributed by atoms with Gasteiger partial charge in [0.1, 0.15) is 5.82 Å². The number of aliphatic imine (C=N–C) groups is 1. The first-order valence-electron chi connectivity index (χ1n) is 10.0. The lowest BCUT2D eigenvalue weighted by Crippen LogP contribution is -2.52. The molecule has 0 bridgehead atoms. The Morgan fingerprint density at radius 3 is 2.59 bits per heavy atom. The number of benzene rings is 1. The highest BCUT2D eigenvalue weighted by Gasteiger charge is 2.20. The molecule has 29 heavy (non-hydrogen) atoms. The quantitative estimate of drug-likeness (QED) is 0.251. The Morgan fingerprint density at radius 2 is 1.83 bits per heavy atom. The van der Waals surface area contributed by atoms with E-state index in [-0.39, 0.29) is 24.0 Å². The van der Waals surface area contributed by atoms with Crippen LogP contribution in [0.3, 0.4) is 0 Å². The number of aromatic nitrogens is 2. The largest absolute Gasteiger partial charge is 0.356 e. The van der Waals surface area contributed by atoms with E-state index in [1.807, 2.05) is 25.4 Å². The Labute approximate surface area is 189 Å². The monoisotopic (exact) mass is 504 g/mol. The second-order valence-corrected chi connectivity index (χ2v) is 7.06. The van der Waals surface area contributed by atoms with Crippen molar-refractivity contribution in [2.75, 3.05) is 44.7 Å². The number of pyridine rings is 1. The van der Waals surface area contributed by atoms with Gasteiger partial charge in [0, 0.05) is 64.2 Å². The van der Waals surface area contributed by atoms with Gasteiger partial charge in [-0.3, -0.25) is 4.99 Å². The maximum atomic E-state index is 4.48. The minimum atomic E-state index is 0. The molecule has 154 valence electrons. The summed E-state index contributed by atoms with van der Waals surface area (Å²) >= 11 is 0. The van der Waals surface area contributed by atoms with Crippen LogP contribution in [0.2, 0.25) is 0 Å². The second kappa shape index (κ2) is 10.5. The fourth-order valence-corrected chi connectivity index (χ4v) is 3.81. The number of hydrogen-bond donors (Lipinski definition) is 1. The van der Waals surface area contributed by atoms with E-state index in [1.165, 1.54) is 10.9 Å². The maximum Gasteiger partial charge on any atom is 0.193 e. The number of fused-ring (bicyclic) bond motifs is 1. The van der Waals surface area contributed by atoms with Crippen LogP contribution in [0, 0.1) is 0 Å². The predicted octanol–water partition coefficient (Wildman–Crippen LogP) is 3.44. The van der Waals surface area contributed by atoms with Crippen molar-refractivity contribution >= 4 is 46.7 Å². The van der Waals surface area contributed by atoms with Crippen LogP contribution < -0.4 is 10.2 Å². The molecule has 0 saturated carbocycles. The highest BCUT2D eigenvalue weighted by atomic mass is 127. The van der Waals surface area contributed by atoms with Crippen LogP contribution >= 0.6 is 24.0 Å². The molecule has 3 heterocycles. The SMILES string of the molecule is CN=C(NCCCn1ccc2ccccc21)N1CCN(c2ccccn2)CC1.I. The molecule has 1 aromatic carbocycles. The molecule has 1 aliphatic rings. The summed E-state index contributed by atoms with van der Waals surface area (Å²) in [5, 5.41) is 4.84. The molecule has 0 unspecified atom stereocenters. The van der Waals surface area contributed by atoms with Gasteiger partial charge in [-0.2, -0.15) is 0 Å². The topological polar surface area (TPSA) is 48.7 Å². The summed E-state index contributed by atoms with van der Waals surface area (Å²) in [6, 6.07) is 16.8. The van der Waals surface area contributed by atoms with Crippen LogP contribution in [-0.4, -0.2) is 60.2 Å². The molecule has 1 saturated heterocycles. The first-order chi connectivity index (χ1) is 13.8. The number of nitrogens with one attached hydrogen (secondary N) is 1. The molecule has 4 rings (SSSR count). The molecule has 6 nitrogen and oxygen atoms in total. The molecule has 0 spiro atoms. The third-order valence-electron chi connectivity index (χ3n) is 5.30. The molecule has 2 aromatic heterocycles. The first kappa shape index (κ1) is 21.4. The summed E-state index contributed by atoms with van der Waals surface area (Å²) in [6.45, 7) is 5.77. The van der Waals surface area contributed by atoms with Crippen LogP contribution in [-0.2, 0) is 6.54 Å². The number of hydrogen-bond acceptors (Lipinski definition) is 3. The minimum Gasteiger partial charge on any atom is -0.356 e. The van der Waals surface area contributed by atoms with E-state index in [2.05, 4.69) is 72.3 Å². The zero-order chi connectivity index (χ0) is 19.2. The van der Waals surface area contributed by atoms with Gasteiger partial charge in [-0.05, 0) is 36.1 Å². The van der Waals surface area contributed by atoms with Gasteiger partial charge in [-0.15, -0.1) is 24.0 Å². The average molecular weight is 504 g/mol. The number of piperazine rings is 1. The Morgan fingerprint density at radius 1 is 1.03 bits per heavy atom. The van der Waals surface area contributed by atoms with Gasteiger partial charge in [0.15, 0.2) is 5.96 Å². The Hall–Kier alpha value is -2.29. The average Bonchev–Trinajstić information content (AvgIpc) is 3.18. The van der Waals surface area contributed by atoms with Crippen molar-refractivity contribution in [2.24, 2.45) is 4.99 Å². The number of guanidine groups is 1. The summed E-state index contributed by atoms with van der Waals surface area (Å²) < 4.78 is 2.32. The van der Waals surface area contributed by atoms with Crippen molar-refractivity contribution in [1.29, 1.82) is 0 Å². The maximum absolute atomic E-state index is 4.48. The number of halogens is 1. The van der Waals surface area contributed by atoms with E-state index < -0.39 is 0 Å². The minimum absolute atomic E-state index is 0.